The van der Waals surface area contributed by atoms with Gasteiger partial charge >= 0.3 is 0 Å². The summed E-state index contributed by atoms with van der Waals surface area (Å²) in [5, 5.41) is 9.58. The SMILES string of the molecule is COCCOCCOCC(=O)NCCCNCCCCNCCCN. The van der Waals surface area contributed by atoms with Crippen LogP contribution in [0.15, 0.2) is 0 Å². The Morgan fingerprint density at radius 1 is 0.800 bits per heavy atom. The molecule has 5 N–H and O–H groups in total. The smallest absolute Gasteiger partial charge is 0.246 e. The zero-order valence-electron chi connectivity index (χ0n) is 15.8. The van der Waals surface area contributed by atoms with Crippen molar-refractivity contribution in [3.63, 3.8) is 0 Å². The Hall–Kier alpha value is -0.770. The first-order valence-electron chi connectivity index (χ1n) is 9.34. The molecule has 25 heavy (non-hydrogen) atoms. The van der Waals surface area contributed by atoms with E-state index in [1.165, 1.54) is 6.42 Å². The van der Waals surface area contributed by atoms with Crippen LogP contribution in [-0.4, -0.2) is 85.3 Å². The Morgan fingerprint density at radius 2 is 1.40 bits per heavy atom. The zero-order chi connectivity index (χ0) is 18.4. The Morgan fingerprint density at radius 3 is 2.08 bits per heavy atom. The third-order valence-electron chi connectivity index (χ3n) is 3.40. The lowest BCUT2D eigenvalue weighted by Gasteiger charge is -2.08. The number of carbonyl (C=O) groups excluding carboxylic acids is 1. The highest BCUT2D eigenvalue weighted by atomic mass is 16.5. The largest absolute Gasteiger partial charge is 0.382 e. The van der Waals surface area contributed by atoms with Gasteiger partial charge in [-0.3, -0.25) is 4.79 Å². The monoisotopic (exact) mass is 362 g/mol. The van der Waals surface area contributed by atoms with E-state index < -0.39 is 0 Å². The van der Waals surface area contributed by atoms with Crippen LogP contribution in [0.25, 0.3) is 0 Å². The number of hydrogen-bond acceptors (Lipinski definition) is 7. The Labute approximate surface area is 152 Å². The lowest BCUT2D eigenvalue weighted by atomic mass is 10.3. The van der Waals surface area contributed by atoms with Gasteiger partial charge in [-0.25, -0.2) is 0 Å². The molecule has 0 fully saturated rings. The van der Waals surface area contributed by atoms with E-state index in [0.29, 0.717) is 33.0 Å². The fourth-order valence-electron chi connectivity index (χ4n) is 2.00. The number of amides is 1. The number of carbonyl (C=O) groups is 1. The van der Waals surface area contributed by atoms with Gasteiger partial charge in [0.25, 0.3) is 0 Å². The topological polar surface area (TPSA) is 107 Å². The Balaban J connectivity index is 3.12. The van der Waals surface area contributed by atoms with Crippen LogP contribution >= 0.6 is 0 Å². The number of rotatable bonds is 20. The minimum Gasteiger partial charge on any atom is -0.382 e. The van der Waals surface area contributed by atoms with Gasteiger partial charge in [-0.1, -0.05) is 0 Å². The summed E-state index contributed by atoms with van der Waals surface area (Å²) in [6.07, 6.45) is 4.28. The lowest BCUT2D eigenvalue weighted by molar-refractivity contribution is -0.126. The highest BCUT2D eigenvalue weighted by molar-refractivity contribution is 5.77. The number of nitrogens with two attached hydrogens (primary N) is 1. The first kappa shape index (κ1) is 24.2. The molecule has 0 bridgehead atoms. The first-order chi connectivity index (χ1) is 12.3. The Bertz CT molecular complexity index is 283. The number of hydrogen-bond donors (Lipinski definition) is 4. The maximum atomic E-state index is 11.5. The number of methoxy groups -OCH3 is 1. The molecular formula is C17H38N4O4. The van der Waals surface area contributed by atoms with Crippen LogP contribution in [0, 0.1) is 0 Å². The molecule has 0 aliphatic heterocycles. The van der Waals surface area contributed by atoms with Crippen LogP contribution in [-0.2, 0) is 19.0 Å². The number of unbranched alkanes of at least 4 members (excludes halogenated alkanes) is 1. The molecule has 0 aromatic carbocycles. The average Bonchev–Trinajstić information content (AvgIpc) is 2.62. The predicted octanol–water partition coefficient (Wildman–Crippen LogP) is -0.519. The van der Waals surface area contributed by atoms with Gasteiger partial charge in [0.15, 0.2) is 0 Å². The van der Waals surface area contributed by atoms with Crippen LogP contribution in [0.5, 0.6) is 0 Å². The molecule has 0 radical (unpaired) electrons. The van der Waals surface area contributed by atoms with Gasteiger partial charge < -0.3 is 35.9 Å². The van der Waals surface area contributed by atoms with Crippen molar-refractivity contribution >= 4 is 5.91 Å². The standard InChI is InChI=1S/C17H38N4O4/c1-23-12-13-24-14-15-25-16-17(22)21-11-5-10-20-8-3-2-7-19-9-4-6-18/h19-20H,2-16,18H2,1H3,(H,21,22). The van der Waals surface area contributed by atoms with Crippen LogP contribution in [0.4, 0.5) is 0 Å². The first-order valence-corrected chi connectivity index (χ1v) is 9.34. The molecular weight excluding hydrogens is 324 g/mol. The normalized spacial score (nSPS) is 11.0. The highest BCUT2D eigenvalue weighted by Gasteiger charge is 2.00. The third kappa shape index (κ3) is 21.2. The summed E-state index contributed by atoms with van der Waals surface area (Å²) in [6, 6.07) is 0. The van der Waals surface area contributed by atoms with Crippen LogP contribution in [0.3, 0.4) is 0 Å². The maximum absolute atomic E-state index is 11.5. The second kappa shape index (κ2) is 21.3. The molecule has 0 rings (SSSR count). The minimum atomic E-state index is -0.0829. The second-order valence-corrected chi connectivity index (χ2v) is 5.71. The molecule has 8 nitrogen and oxygen atoms in total. The van der Waals surface area contributed by atoms with Crippen molar-refractivity contribution in [3.05, 3.63) is 0 Å². The molecule has 150 valence electrons. The van der Waals surface area contributed by atoms with Gasteiger partial charge in [0, 0.05) is 13.7 Å². The summed E-state index contributed by atoms with van der Waals surface area (Å²) in [7, 11) is 1.63. The Kier molecular flexibility index (Phi) is 20.6. The van der Waals surface area contributed by atoms with Crippen molar-refractivity contribution in [1.82, 2.24) is 16.0 Å². The summed E-state index contributed by atoms with van der Waals surface area (Å²) < 4.78 is 15.3. The van der Waals surface area contributed by atoms with E-state index in [1.54, 1.807) is 7.11 Å². The van der Waals surface area contributed by atoms with E-state index in [0.717, 1.165) is 52.0 Å². The summed E-state index contributed by atoms with van der Waals surface area (Å²) >= 11 is 0. The maximum Gasteiger partial charge on any atom is 0.246 e. The summed E-state index contributed by atoms with van der Waals surface area (Å²) in [5.74, 6) is -0.0829. The van der Waals surface area contributed by atoms with E-state index in [2.05, 4.69) is 16.0 Å². The van der Waals surface area contributed by atoms with Crippen LogP contribution in [0.2, 0.25) is 0 Å². The lowest BCUT2D eigenvalue weighted by Crippen LogP contribution is -2.31. The van der Waals surface area contributed by atoms with E-state index in [-0.39, 0.29) is 12.5 Å². The molecule has 0 unspecified atom stereocenters. The summed E-state index contributed by atoms with van der Waals surface area (Å²) in [4.78, 5) is 11.5. The molecule has 0 heterocycles. The zero-order valence-corrected chi connectivity index (χ0v) is 15.8. The van der Waals surface area contributed by atoms with Crippen molar-refractivity contribution in [2.24, 2.45) is 5.73 Å². The van der Waals surface area contributed by atoms with Gasteiger partial charge in [0.05, 0.1) is 26.4 Å². The van der Waals surface area contributed by atoms with Crippen molar-refractivity contribution in [2.75, 3.05) is 79.4 Å². The molecule has 0 saturated heterocycles. The van der Waals surface area contributed by atoms with Gasteiger partial charge in [-0.15, -0.1) is 0 Å². The van der Waals surface area contributed by atoms with Crippen molar-refractivity contribution in [1.29, 1.82) is 0 Å². The summed E-state index contributed by atoms with van der Waals surface area (Å²) in [6.45, 7) is 7.49. The van der Waals surface area contributed by atoms with Crippen LogP contribution < -0.4 is 21.7 Å². The fraction of sp³-hybridized carbons (Fsp3) is 0.941. The molecule has 0 aromatic heterocycles. The number of ether oxygens (including phenoxy) is 3. The molecule has 0 atom stereocenters. The van der Waals surface area contributed by atoms with E-state index in [9.17, 15) is 4.79 Å². The second-order valence-electron chi connectivity index (χ2n) is 5.71. The van der Waals surface area contributed by atoms with Gasteiger partial charge in [-0.2, -0.15) is 0 Å². The van der Waals surface area contributed by atoms with Crippen molar-refractivity contribution in [2.45, 2.75) is 25.7 Å². The molecule has 0 aromatic rings. The quantitative estimate of drug-likeness (QED) is 0.216. The molecule has 0 aliphatic rings. The predicted molar refractivity (Wildman–Crippen MR) is 99.8 cm³/mol. The van der Waals surface area contributed by atoms with E-state index >= 15 is 0 Å². The molecule has 8 heteroatoms. The summed E-state index contributed by atoms with van der Waals surface area (Å²) in [5.41, 5.74) is 5.43. The minimum absolute atomic E-state index is 0.0816. The molecule has 0 spiro atoms. The van der Waals surface area contributed by atoms with Gasteiger partial charge in [-0.05, 0) is 58.4 Å². The molecule has 1 amide bonds. The number of nitrogens with one attached hydrogen (secondary N) is 3. The molecule has 0 saturated carbocycles. The van der Waals surface area contributed by atoms with Crippen molar-refractivity contribution in [3.8, 4) is 0 Å². The van der Waals surface area contributed by atoms with E-state index in [4.69, 9.17) is 19.9 Å². The van der Waals surface area contributed by atoms with Gasteiger partial charge in [0.1, 0.15) is 6.61 Å². The average molecular weight is 363 g/mol. The highest BCUT2D eigenvalue weighted by Crippen LogP contribution is 1.86. The molecule has 0 aliphatic carbocycles. The third-order valence-corrected chi connectivity index (χ3v) is 3.40. The van der Waals surface area contributed by atoms with Gasteiger partial charge in [0.2, 0.25) is 5.91 Å². The van der Waals surface area contributed by atoms with Crippen molar-refractivity contribution < 1.29 is 19.0 Å². The van der Waals surface area contributed by atoms with E-state index in [1.807, 2.05) is 0 Å². The van der Waals surface area contributed by atoms with Crippen LogP contribution in [0.1, 0.15) is 25.7 Å². The fourth-order valence-corrected chi connectivity index (χ4v) is 2.00.